The Morgan fingerprint density at radius 2 is 1.86 bits per heavy atom. The zero-order chi connectivity index (χ0) is 25.9. The van der Waals surface area contributed by atoms with Crippen LogP contribution in [0.15, 0.2) is 12.1 Å². The monoisotopic (exact) mass is 500 g/mol. The molecule has 2 aliphatic heterocycles. The molecule has 4 atom stereocenters. The molecule has 8 heteroatoms. The zero-order valence-corrected chi connectivity index (χ0v) is 22.8. The Hall–Kier alpha value is -1.61. The van der Waals surface area contributed by atoms with E-state index in [-0.39, 0.29) is 31.4 Å². The predicted octanol–water partition coefficient (Wildman–Crippen LogP) is 4.97. The van der Waals surface area contributed by atoms with Crippen LogP contribution in [0.5, 0.6) is 5.75 Å². The molecule has 198 valence electrons. The summed E-state index contributed by atoms with van der Waals surface area (Å²) in [6.07, 6.45) is 3.55. The molecule has 2 heterocycles. The maximum absolute atomic E-state index is 13.2. The average molecular weight is 500 g/mol. The van der Waals surface area contributed by atoms with Crippen molar-refractivity contribution in [3.63, 3.8) is 0 Å². The van der Waals surface area contributed by atoms with E-state index in [0.717, 1.165) is 36.2 Å². The summed E-state index contributed by atoms with van der Waals surface area (Å²) in [6, 6.07) is 3.88. The Kier molecular flexibility index (Phi) is 6.72. The number of hydrogen-bond acceptors (Lipinski definition) is 7. The second kappa shape index (κ2) is 9.30. The highest BCUT2D eigenvalue weighted by atomic mass is 16.7. The van der Waals surface area contributed by atoms with Crippen molar-refractivity contribution in [3.05, 3.63) is 28.8 Å². The second-order valence-corrected chi connectivity index (χ2v) is 12.6. The van der Waals surface area contributed by atoms with Crippen molar-refractivity contribution in [2.45, 2.75) is 97.6 Å². The fourth-order valence-corrected chi connectivity index (χ4v) is 6.71. The third kappa shape index (κ3) is 4.70. The van der Waals surface area contributed by atoms with Crippen molar-refractivity contribution >= 4 is 13.1 Å². The summed E-state index contributed by atoms with van der Waals surface area (Å²) in [5.41, 5.74) is 1.89. The van der Waals surface area contributed by atoms with Gasteiger partial charge in [-0.25, -0.2) is 4.79 Å². The normalized spacial score (nSPS) is 31.2. The zero-order valence-electron chi connectivity index (χ0n) is 22.8. The van der Waals surface area contributed by atoms with Crippen LogP contribution in [0, 0.1) is 24.2 Å². The van der Waals surface area contributed by atoms with Gasteiger partial charge >= 0.3 is 13.1 Å². The summed E-state index contributed by atoms with van der Waals surface area (Å²) in [7, 11) is -0.230. The van der Waals surface area contributed by atoms with Gasteiger partial charge in [0.25, 0.3) is 0 Å². The van der Waals surface area contributed by atoms with Crippen LogP contribution >= 0.6 is 0 Å². The van der Waals surface area contributed by atoms with Crippen LogP contribution in [0.4, 0.5) is 0 Å². The van der Waals surface area contributed by atoms with E-state index >= 15 is 0 Å². The van der Waals surface area contributed by atoms with Crippen LogP contribution in [0.25, 0.3) is 0 Å². The first-order valence-electron chi connectivity index (χ1n) is 13.4. The highest BCUT2D eigenvalue weighted by molar-refractivity contribution is 6.45. The van der Waals surface area contributed by atoms with Crippen LogP contribution in [-0.2, 0) is 29.9 Å². The van der Waals surface area contributed by atoms with Crippen molar-refractivity contribution in [2.24, 2.45) is 17.3 Å². The number of aryl methyl sites for hydroxylation is 1. The molecule has 5 aliphatic rings. The Bertz CT molecular complexity index is 996. The number of benzene rings is 1. The van der Waals surface area contributed by atoms with Gasteiger partial charge in [0.2, 0.25) is 0 Å². The van der Waals surface area contributed by atoms with Gasteiger partial charge in [-0.05, 0) is 94.6 Å². The largest absolute Gasteiger partial charge is 0.487 e. The molecule has 0 N–H and O–H groups in total. The Morgan fingerprint density at radius 1 is 1.14 bits per heavy atom. The maximum Gasteiger partial charge on any atom is 0.457 e. The molecule has 36 heavy (non-hydrogen) atoms. The average Bonchev–Trinajstić information content (AvgIpc) is 3.41. The van der Waals surface area contributed by atoms with Gasteiger partial charge in [-0.3, -0.25) is 0 Å². The quantitative estimate of drug-likeness (QED) is 0.387. The standard InChI is InChI=1S/C28H41BO7/c1-17-18(10-11-29-35-22-15-19-14-21(27(19,5)6)28(22,7)36-29)8-9-20(33-16-23-31-12-13-32-23)24(17)25(30)34-26(2,3)4/h8-9,19,21-23H,10-16H2,1-7H3/t19?,21?,22?,28-/m0/s1. The molecule has 2 bridgehead atoms. The molecule has 1 aromatic carbocycles. The van der Waals surface area contributed by atoms with Crippen molar-refractivity contribution in [1.82, 2.24) is 0 Å². The number of hydrogen-bond donors (Lipinski definition) is 0. The van der Waals surface area contributed by atoms with Crippen molar-refractivity contribution in [2.75, 3.05) is 19.8 Å². The third-order valence-electron chi connectivity index (χ3n) is 8.86. The first-order valence-corrected chi connectivity index (χ1v) is 13.4. The van der Waals surface area contributed by atoms with Gasteiger partial charge in [0.1, 0.15) is 23.5 Å². The van der Waals surface area contributed by atoms with Crippen molar-refractivity contribution in [3.8, 4) is 5.75 Å². The molecule has 0 radical (unpaired) electrons. The van der Waals surface area contributed by atoms with Gasteiger partial charge in [-0.15, -0.1) is 0 Å². The topological polar surface area (TPSA) is 72.5 Å². The predicted molar refractivity (Wildman–Crippen MR) is 136 cm³/mol. The SMILES string of the molecule is Cc1c(CCB2OC3CC4CC(C4(C)C)[C@]3(C)O2)ccc(OCC2OCCO2)c1C(=O)OC(C)(C)C. The van der Waals surface area contributed by atoms with E-state index in [2.05, 4.69) is 20.8 Å². The molecular formula is C28H41BO7. The van der Waals surface area contributed by atoms with Crippen molar-refractivity contribution in [1.29, 1.82) is 0 Å². The number of rotatable bonds is 7. The first-order chi connectivity index (χ1) is 16.9. The lowest BCUT2D eigenvalue weighted by Gasteiger charge is -2.64. The minimum atomic E-state index is -0.611. The fraction of sp³-hybridized carbons (Fsp3) is 0.750. The third-order valence-corrected chi connectivity index (χ3v) is 8.86. The van der Waals surface area contributed by atoms with Crippen LogP contribution in [-0.4, -0.2) is 56.5 Å². The summed E-state index contributed by atoms with van der Waals surface area (Å²) in [4.78, 5) is 13.2. The van der Waals surface area contributed by atoms with E-state index in [0.29, 0.717) is 35.9 Å². The summed E-state index contributed by atoms with van der Waals surface area (Å²) in [5.74, 6) is 1.37. The van der Waals surface area contributed by atoms with Gasteiger partial charge in [0.15, 0.2) is 6.29 Å². The summed E-state index contributed by atoms with van der Waals surface area (Å²) in [6.45, 7) is 15.9. The van der Waals surface area contributed by atoms with E-state index in [9.17, 15) is 4.79 Å². The smallest absolute Gasteiger partial charge is 0.457 e. The number of esters is 1. The summed E-state index contributed by atoms with van der Waals surface area (Å²) in [5, 5.41) is 0. The van der Waals surface area contributed by atoms with Gasteiger partial charge in [-0.2, -0.15) is 0 Å². The molecule has 6 rings (SSSR count). The summed E-state index contributed by atoms with van der Waals surface area (Å²) >= 11 is 0. The van der Waals surface area contributed by atoms with Crippen LogP contribution in [0.1, 0.15) is 75.9 Å². The Labute approximate surface area is 215 Å². The van der Waals surface area contributed by atoms with E-state index in [1.807, 2.05) is 39.8 Å². The Morgan fingerprint density at radius 3 is 2.53 bits per heavy atom. The minimum absolute atomic E-state index is 0.175. The van der Waals surface area contributed by atoms with Crippen LogP contribution < -0.4 is 4.74 Å². The molecule has 3 saturated carbocycles. The van der Waals surface area contributed by atoms with Crippen LogP contribution in [0.3, 0.4) is 0 Å². The molecular weight excluding hydrogens is 459 g/mol. The second-order valence-electron chi connectivity index (χ2n) is 12.6. The highest BCUT2D eigenvalue weighted by Gasteiger charge is 2.67. The number of carbonyl (C=O) groups is 1. The molecule has 0 spiro atoms. The van der Waals surface area contributed by atoms with E-state index < -0.39 is 11.9 Å². The molecule has 0 amide bonds. The number of ether oxygens (including phenoxy) is 4. The van der Waals surface area contributed by atoms with E-state index in [4.69, 9.17) is 28.3 Å². The lowest BCUT2D eigenvalue weighted by atomic mass is 9.43. The highest BCUT2D eigenvalue weighted by Crippen LogP contribution is 2.65. The van der Waals surface area contributed by atoms with Gasteiger partial charge in [0.05, 0.1) is 24.9 Å². The van der Waals surface area contributed by atoms with Crippen molar-refractivity contribution < 1.29 is 33.1 Å². The van der Waals surface area contributed by atoms with Gasteiger partial charge < -0.3 is 28.3 Å². The van der Waals surface area contributed by atoms with Crippen LogP contribution in [0.2, 0.25) is 6.32 Å². The lowest BCUT2D eigenvalue weighted by Crippen LogP contribution is -2.65. The van der Waals surface area contributed by atoms with E-state index in [1.54, 1.807) is 0 Å². The maximum atomic E-state index is 13.2. The fourth-order valence-electron chi connectivity index (χ4n) is 6.71. The number of carbonyl (C=O) groups excluding carboxylic acids is 1. The molecule has 0 aromatic heterocycles. The molecule has 1 aromatic rings. The molecule has 3 aliphatic carbocycles. The molecule has 5 fully saturated rings. The summed E-state index contributed by atoms with van der Waals surface area (Å²) < 4.78 is 35.7. The van der Waals surface area contributed by atoms with E-state index in [1.165, 1.54) is 6.42 Å². The molecule has 3 unspecified atom stereocenters. The minimum Gasteiger partial charge on any atom is -0.487 e. The molecule has 2 saturated heterocycles. The van der Waals surface area contributed by atoms with Gasteiger partial charge in [-0.1, -0.05) is 19.9 Å². The lowest BCUT2D eigenvalue weighted by molar-refractivity contribution is -0.199. The first kappa shape index (κ1) is 26.0. The Balaban J connectivity index is 1.30. The molecule has 7 nitrogen and oxygen atoms in total. The van der Waals surface area contributed by atoms with Gasteiger partial charge in [0, 0.05) is 0 Å².